The van der Waals surface area contributed by atoms with Crippen molar-refractivity contribution in [3.8, 4) is 0 Å². The number of carbonyl (C=O) groups excluding carboxylic acids is 1. The normalized spacial score (nSPS) is 14.4. The average molecular weight is 274 g/mol. The van der Waals surface area contributed by atoms with Gasteiger partial charge in [-0.2, -0.15) is 0 Å². The summed E-state index contributed by atoms with van der Waals surface area (Å²) in [6.45, 7) is 8.21. The fraction of sp³-hybridized carbons (Fsp3) is 0.588. The molecule has 1 saturated carbocycles. The summed E-state index contributed by atoms with van der Waals surface area (Å²) in [4.78, 5) is 14.6. The van der Waals surface area contributed by atoms with E-state index in [1.54, 1.807) is 0 Å². The molecule has 3 heteroatoms. The summed E-state index contributed by atoms with van der Waals surface area (Å²) < 4.78 is 0. The van der Waals surface area contributed by atoms with Gasteiger partial charge in [0.2, 0.25) is 0 Å². The van der Waals surface area contributed by atoms with Gasteiger partial charge in [0.25, 0.3) is 5.91 Å². The Hall–Kier alpha value is -1.51. The number of carbonyl (C=O) groups is 1. The van der Waals surface area contributed by atoms with Gasteiger partial charge in [-0.1, -0.05) is 6.92 Å². The fourth-order valence-electron chi connectivity index (χ4n) is 2.27. The first-order valence-electron chi connectivity index (χ1n) is 7.76. The van der Waals surface area contributed by atoms with Crippen LogP contribution in [0.5, 0.6) is 0 Å². The summed E-state index contributed by atoms with van der Waals surface area (Å²) in [5, 5.41) is 3.33. The maximum atomic E-state index is 12.6. The Bertz CT molecular complexity index is 435. The first kappa shape index (κ1) is 14.9. The SMILES string of the molecule is CCCNc1ccc(C(=O)N(CC2CC2)C(C)C)cc1. The largest absolute Gasteiger partial charge is 0.385 e. The lowest BCUT2D eigenvalue weighted by Gasteiger charge is -2.27. The molecule has 0 saturated heterocycles. The van der Waals surface area contributed by atoms with Crippen LogP contribution in [0, 0.1) is 5.92 Å². The van der Waals surface area contributed by atoms with Crippen molar-refractivity contribution in [3.63, 3.8) is 0 Å². The lowest BCUT2D eigenvalue weighted by Crippen LogP contribution is -2.38. The molecule has 1 amide bonds. The van der Waals surface area contributed by atoms with E-state index in [2.05, 4.69) is 26.1 Å². The molecule has 2 rings (SSSR count). The van der Waals surface area contributed by atoms with Crippen LogP contribution in [-0.4, -0.2) is 29.9 Å². The Morgan fingerprint density at radius 3 is 2.45 bits per heavy atom. The third-order valence-electron chi connectivity index (χ3n) is 3.75. The number of hydrogen-bond donors (Lipinski definition) is 1. The molecule has 0 aliphatic heterocycles. The van der Waals surface area contributed by atoms with Crippen molar-refractivity contribution in [2.75, 3.05) is 18.4 Å². The van der Waals surface area contributed by atoms with Crippen molar-refractivity contribution in [2.24, 2.45) is 5.92 Å². The number of amides is 1. The Kier molecular flexibility index (Phi) is 5.05. The van der Waals surface area contributed by atoms with Crippen molar-refractivity contribution in [1.29, 1.82) is 0 Å². The van der Waals surface area contributed by atoms with Crippen molar-refractivity contribution in [3.05, 3.63) is 29.8 Å². The van der Waals surface area contributed by atoms with Crippen LogP contribution in [0.4, 0.5) is 5.69 Å². The molecule has 0 radical (unpaired) electrons. The molecule has 3 nitrogen and oxygen atoms in total. The van der Waals surface area contributed by atoms with Gasteiger partial charge in [0.1, 0.15) is 0 Å². The molecule has 1 N–H and O–H groups in total. The molecule has 110 valence electrons. The second-order valence-electron chi connectivity index (χ2n) is 6.00. The predicted molar refractivity (Wildman–Crippen MR) is 84.1 cm³/mol. The average Bonchev–Trinajstić information content (AvgIpc) is 3.26. The summed E-state index contributed by atoms with van der Waals surface area (Å²) in [7, 11) is 0. The smallest absolute Gasteiger partial charge is 0.254 e. The van der Waals surface area contributed by atoms with Gasteiger partial charge >= 0.3 is 0 Å². The molecule has 1 aliphatic rings. The maximum absolute atomic E-state index is 12.6. The van der Waals surface area contributed by atoms with Crippen LogP contribution >= 0.6 is 0 Å². The van der Waals surface area contributed by atoms with E-state index in [9.17, 15) is 4.79 Å². The van der Waals surface area contributed by atoms with E-state index >= 15 is 0 Å². The quantitative estimate of drug-likeness (QED) is 0.821. The molecule has 1 fully saturated rings. The first-order valence-corrected chi connectivity index (χ1v) is 7.76. The lowest BCUT2D eigenvalue weighted by molar-refractivity contribution is 0.0696. The van der Waals surface area contributed by atoms with Gasteiger partial charge in [0.05, 0.1) is 0 Å². The molecule has 0 aromatic heterocycles. The third kappa shape index (κ3) is 3.99. The van der Waals surface area contributed by atoms with Crippen molar-refractivity contribution >= 4 is 11.6 Å². The molecule has 1 aliphatic carbocycles. The number of anilines is 1. The Balaban J connectivity index is 2.02. The van der Waals surface area contributed by atoms with Gasteiger partial charge in [-0.25, -0.2) is 0 Å². The summed E-state index contributed by atoms with van der Waals surface area (Å²) in [6.07, 6.45) is 3.65. The molecule has 0 heterocycles. The summed E-state index contributed by atoms with van der Waals surface area (Å²) >= 11 is 0. The number of nitrogens with zero attached hydrogens (tertiary/aromatic N) is 1. The minimum Gasteiger partial charge on any atom is -0.385 e. The molecule has 0 unspecified atom stereocenters. The van der Waals surface area contributed by atoms with E-state index in [4.69, 9.17) is 0 Å². The highest BCUT2D eigenvalue weighted by atomic mass is 16.2. The van der Waals surface area contributed by atoms with Gasteiger partial charge < -0.3 is 10.2 Å². The molecular formula is C17H26N2O. The van der Waals surface area contributed by atoms with E-state index in [1.165, 1.54) is 12.8 Å². The van der Waals surface area contributed by atoms with E-state index < -0.39 is 0 Å². The molecular weight excluding hydrogens is 248 g/mol. The van der Waals surface area contributed by atoms with Crippen LogP contribution < -0.4 is 5.32 Å². The highest BCUT2D eigenvalue weighted by Gasteiger charge is 2.28. The van der Waals surface area contributed by atoms with Gasteiger partial charge in [0.15, 0.2) is 0 Å². The zero-order valence-corrected chi connectivity index (χ0v) is 12.9. The Morgan fingerprint density at radius 2 is 1.95 bits per heavy atom. The predicted octanol–water partition coefficient (Wildman–Crippen LogP) is 3.77. The fourth-order valence-corrected chi connectivity index (χ4v) is 2.27. The van der Waals surface area contributed by atoms with Crippen molar-refractivity contribution in [2.45, 2.75) is 46.1 Å². The number of benzene rings is 1. The van der Waals surface area contributed by atoms with Gasteiger partial charge in [0, 0.05) is 30.4 Å². The first-order chi connectivity index (χ1) is 9.61. The zero-order valence-electron chi connectivity index (χ0n) is 12.9. The van der Waals surface area contributed by atoms with Crippen LogP contribution in [-0.2, 0) is 0 Å². The maximum Gasteiger partial charge on any atom is 0.254 e. The van der Waals surface area contributed by atoms with Crippen LogP contribution in [0.25, 0.3) is 0 Å². The Labute approximate surface area is 122 Å². The molecule has 0 spiro atoms. The minimum atomic E-state index is 0.161. The van der Waals surface area contributed by atoms with Gasteiger partial charge in [-0.05, 0) is 63.3 Å². The van der Waals surface area contributed by atoms with Gasteiger partial charge in [-0.3, -0.25) is 4.79 Å². The molecule has 1 aromatic rings. The van der Waals surface area contributed by atoms with Crippen LogP contribution in [0.1, 0.15) is 50.4 Å². The standard InChI is InChI=1S/C17H26N2O/c1-4-11-18-16-9-7-15(8-10-16)17(20)19(13(2)3)12-14-5-6-14/h7-10,13-14,18H,4-6,11-12H2,1-3H3. The molecule has 0 bridgehead atoms. The Morgan fingerprint density at radius 1 is 1.30 bits per heavy atom. The molecule has 20 heavy (non-hydrogen) atoms. The zero-order chi connectivity index (χ0) is 14.5. The monoisotopic (exact) mass is 274 g/mol. The molecule has 1 aromatic carbocycles. The van der Waals surface area contributed by atoms with E-state index in [0.717, 1.165) is 36.7 Å². The number of nitrogens with one attached hydrogen (secondary N) is 1. The van der Waals surface area contributed by atoms with E-state index in [1.807, 2.05) is 29.2 Å². The van der Waals surface area contributed by atoms with Crippen molar-refractivity contribution in [1.82, 2.24) is 4.90 Å². The highest BCUT2D eigenvalue weighted by Crippen LogP contribution is 2.30. The topological polar surface area (TPSA) is 32.3 Å². The lowest BCUT2D eigenvalue weighted by atomic mass is 10.1. The minimum absolute atomic E-state index is 0.161. The summed E-state index contributed by atoms with van der Waals surface area (Å²) in [5.74, 6) is 0.890. The van der Waals surface area contributed by atoms with Crippen molar-refractivity contribution < 1.29 is 4.79 Å². The summed E-state index contributed by atoms with van der Waals surface area (Å²) in [5.41, 5.74) is 1.88. The number of hydrogen-bond acceptors (Lipinski definition) is 2. The van der Waals surface area contributed by atoms with E-state index in [-0.39, 0.29) is 11.9 Å². The number of rotatable bonds is 7. The summed E-state index contributed by atoms with van der Waals surface area (Å²) in [6, 6.07) is 8.13. The third-order valence-corrected chi connectivity index (χ3v) is 3.75. The van der Waals surface area contributed by atoms with E-state index in [0.29, 0.717) is 0 Å². The van der Waals surface area contributed by atoms with Gasteiger partial charge in [-0.15, -0.1) is 0 Å². The molecule has 0 atom stereocenters. The second kappa shape index (κ2) is 6.78. The second-order valence-corrected chi connectivity index (χ2v) is 6.00. The highest BCUT2D eigenvalue weighted by molar-refractivity contribution is 5.94. The van der Waals surface area contributed by atoms with Crippen LogP contribution in [0.2, 0.25) is 0 Å². The van der Waals surface area contributed by atoms with Crippen LogP contribution in [0.15, 0.2) is 24.3 Å². The van der Waals surface area contributed by atoms with Crippen LogP contribution in [0.3, 0.4) is 0 Å².